The summed E-state index contributed by atoms with van der Waals surface area (Å²) in [4.78, 5) is 23.0. The molecule has 1 aromatic carbocycles. The van der Waals surface area contributed by atoms with Gasteiger partial charge in [-0.15, -0.1) is 0 Å². The van der Waals surface area contributed by atoms with E-state index in [-0.39, 0.29) is 0 Å². The van der Waals surface area contributed by atoms with E-state index in [4.69, 9.17) is 10.7 Å². The molecule has 0 saturated carbocycles. The van der Waals surface area contributed by atoms with Gasteiger partial charge >= 0.3 is 0 Å². The van der Waals surface area contributed by atoms with Crippen LogP contribution >= 0.6 is 11.3 Å². The number of nitrogens with zero attached hydrogens (tertiary/aromatic N) is 5. The van der Waals surface area contributed by atoms with Crippen LogP contribution in [0, 0.1) is 6.92 Å². The molecule has 0 unspecified atom stereocenters. The van der Waals surface area contributed by atoms with Crippen LogP contribution in [0.1, 0.15) is 36.5 Å². The number of aromatic nitrogens is 4. The molecule has 0 radical (unpaired) electrons. The van der Waals surface area contributed by atoms with Crippen molar-refractivity contribution in [3.05, 3.63) is 65.2 Å². The summed E-state index contributed by atoms with van der Waals surface area (Å²) in [5.41, 5.74) is 10.5. The predicted molar refractivity (Wildman–Crippen MR) is 152 cm³/mol. The zero-order valence-corrected chi connectivity index (χ0v) is 22.2. The molecule has 5 N–H and O–H groups in total. The first-order valence-corrected chi connectivity index (χ1v) is 13.0. The third-order valence-electron chi connectivity index (χ3n) is 5.25. The van der Waals surface area contributed by atoms with E-state index in [0.717, 1.165) is 58.5 Å². The van der Waals surface area contributed by atoms with E-state index in [2.05, 4.69) is 67.1 Å². The minimum atomic E-state index is 0.477. The Morgan fingerprint density at radius 3 is 2.61 bits per heavy atom. The standard InChI is InChI=1S/C24H29N9S.C2H6/c1-16-5-7-17(8-6-16)32-20(26-2)9-12-27-13-10-21-33-22-23(30-15-31-24(22)34-21)29-14-19-18(25)4-3-11-28-19;1-2/h3-8,11,15,27H,9-10,12-14,25H2,1-2H3,(H,26,32)(H,29,30,31);1-2H3. The SMILES string of the molecule is CC.CN=C(CCNCCc1nc2c(NCc3ncccc3N)ncnc2s1)Nc1ccc(C)cc1. The zero-order valence-electron chi connectivity index (χ0n) is 21.4. The second-order valence-electron chi connectivity index (χ2n) is 7.79. The van der Waals surface area contributed by atoms with Crippen LogP contribution in [0.2, 0.25) is 0 Å². The summed E-state index contributed by atoms with van der Waals surface area (Å²) >= 11 is 1.59. The van der Waals surface area contributed by atoms with Gasteiger partial charge in [-0.1, -0.05) is 42.9 Å². The number of hydrogen-bond acceptors (Lipinski definition) is 9. The van der Waals surface area contributed by atoms with Crippen LogP contribution in [0.3, 0.4) is 0 Å². The highest BCUT2D eigenvalue weighted by Gasteiger charge is 2.11. The molecule has 0 atom stereocenters. The van der Waals surface area contributed by atoms with Crippen LogP contribution in [0.5, 0.6) is 0 Å². The molecule has 0 aliphatic rings. The smallest absolute Gasteiger partial charge is 0.157 e. The Morgan fingerprint density at radius 2 is 1.86 bits per heavy atom. The molecule has 190 valence electrons. The van der Waals surface area contributed by atoms with Crippen molar-refractivity contribution in [2.45, 2.75) is 40.2 Å². The Hall–Kier alpha value is -3.63. The van der Waals surface area contributed by atoms with Crippen molar-refractivity contribution < 1.29 is 0 Å². The molecule has 4 rings (SSSR count). The normalized spacial score (nSPS) is 11.2. The summed E-state index contributed by atoms with van der Waals surface area (Å²) in [7, 11) is 1.81. The second kappa shape index (κ2) is 14.1. The van der Waals surface area contributed by atoms with Crippen molar-refractivity contribution in [2.75, 3.05) is 36.5 Å². The number of anilines is 3. The number of pyridine rings is 1. The monoisotopic (exact) mass is 505 g/mol. The molecule has 0 saturated heterocycles. The van der Waals surface area contributed by atoms with Gasteiger partial charge in [-0.25, -0.2) is 15.0 Å². The van der Waals surface area contributed by atoms with E-state index < -0.39 is 0 Å². The lowest BCUT2D eigenvalue weighted by Crippen LogP contribution is -2.23. The summed E-state index contributed by atoms with van der Waals surface area (Å²) in [6.07, 6.45) is 4.92. The number of benzene rings is 1. The number of thiazole rings is 1. The number of nitrogens with two attached hydrogens (primary N) is 1. The largest absolute Gasteiger partial charge is 0.397 e. The molecule has 0 aliphatic carbocycles. The maximum absolute atomic E-state index is 5.99. The van der Waals surface area contributed by atoms with E-state index in [9.17, 15) is 0 Å². The van der Waals surface area contributed by atoms with Gasteiger partial charge < -0.3 is 21.7 Å². The van der Waals surface area contributed by atoms with Gasteiger partial charge in [-0.3, -0.25) is 9.98 Å². The van der Waals surface area contributed by atoms with Crippen LogP contribution < -0.4 is 21.7 Å². The van der Waals surface area contributed by atoms with Crippen molar-refractivity contribution in [1.82, 2.24) is 25.3 Å². The van der Waals surface area contributed by atoms with Gasteiger partial charge in [0.1, 0.15) is 22.5 Å². The van der Waals surface area contributed by atoms with Gasteiger partial charge in [-0.2, -0.15) is 0 Å². The molecule has 4 aromatic rings. The van der Waals surface area contributed by atoms with Crippen molar-refractivity contribution in [3.8, 4) is 0 Å². The van der Waals surface area contributed by atoms with Crippen molar-refractivity contribution >= 4 is 44.7 Å². The van der Waals surface area contributed by atoms with Crippen LogP contribution in [-0.4, -0.2) is 45.9 Å². The summed E-state index contributed by atoms with van der Waals surface area (Å²) in [5.74, 6) is 1.65. The Morgan fingerprint density at radius 1 is 1.06 bits per heavy atom. The van der Waals surface area contributed by atoms with Crippen LogP contribution in [0.25, 0.3) is 10.3 Å². The fourth-order valence-corrected chi connectivity index (χ4v) is 4.26. The number of hydrogen-bond donors (Lipinski definition) is 4. The van der Waals surface area contributed by atoms with E-state index in [0.29, 0.717) is 18.1 Å². The van der Waals surface area contributed by atoms with Gasteiger partial charge in [0.15, 0.2) is 5.82 Å². The van der Waals surface area contributed by atoms with Crippen molar-refractivity contribution in [1.29, 1.82) is 0 Å². The second-order valence-corrected chi connectivity index (χ2v) is 8.85. The topological polar surface area (TPSA) is 126 Å². The molecular weight excluding hydrogens is 470 g/mol. The van der Waals surface area contributed by atoms with E-state index in [1.54, 1.807) is 23.9 Å². The summed E-state index contributed by atoms with van der Waals surface area (Å²) in [5, 5.41) is 11.2. The number of nitrogen functional groups attached to an aromatic ring is 1. The molecule has 3 heterocycles. The number of fused-ring (bicyclic) bond motifs is 1. The number of aliphatic imine (C=N–C) groups is 1. The van der Waals surface area contributed by atoms with Gasteiger partial charge in [0, 0.05) is 44.9 Å². The number of aryl methyl sites for hydroxylation is 1. The molecule has 0 bridgehead atoms. The molecule has 10 heteroatoms. The van der Waals surface area contributed by atoms with Crippen molar-refractivity contribution in [2.24, 2.45) is 4.99 Å². The summed E-state index contributed by atoms with van der Waals surface area (Å²) in [6, 6.07) is 12.0. The molecule has 9 nitrogen and oxygen atoms in total. The third kappa shape index (κ3) is 7.69. The molecule has 3 aromatic heterocycles. The number of nitrogens with one attached hydrogen (secondary N) is 3. The Bertz CT molecular complexity index is 1250. The molecular formula is C26H35N9S. The third-order valence-corrected chi connectivity index (χ3v) is 6.28. The van der Waals surface area contributed by atoms with E-state index in [1.165, 1.54) is 5.56 Å². The lowest BCUT2D eigenvalue weighted by Gasteiger charge is -2.10. The Kier molecular flexibility index (Phi) is 10.5. The first-order chi connectivity index (χ1) is 17.6. The molecule has 0 aliphatic heterocycles. The Balaban J connectivity index is 0.00000176. The van der Waals surface area contributed by atoms with Gasteiger partial charge in [-0.05, 0) is 31.2 Å². The van der Waals surface area contributed by atoms with Crippen LogP contribution in [0.15, 0.2) is 53.9 Å². The molecule has 36 heavy (non-hydrogen) atoms. The molecule has 0 fully saturated rings. The molecule has 0 amide bonds. The maximum atomic E-state index is 5.99. The first-order valence-electron chi connectivity index (χ1n) is 12.2. The van der Waals surface area contributed by atoms with E-state index >= 15 is 0 Å². The minimum Gasteiger partial charge on any atom is -0.397 e. The van der Waals surface area contributed by atoms with Gasteiger partial charge in [0.25, 0.3) is 0 Å². The highest BCUT2D eigenvalue weighted by atomic mass is 32.1. The van der Waals surface area contributed by atoms with Gasteiger partial charge in [0.05, 0.1) is 22.9 Å². The Labute approximate surface area is 216 Å². The van der Waals surface area contributed by atoms with Crippen molar-refractivity contribution in [3.63, 3.8) is 0 Å². The lowest BCUT2D eigenvalue weighted by atomic mass is 10.2. The average molecular weight is 506 g/mol. The first kappa shape index (κ1) is 27.0. The maximum Gasteiger partial charge on any atom is 0.157 e. The summed E-state index contributed by atoms with van der Waals surface area (Å²) in [6.45, 7) is 8.21. The summed E-state index contributed by atoms with van der Waals surface area (Å²) < 4.78 is 0. The van der Waals surface area contributed by atoms with Crippen LogP contribution in [-0.2, 0) is 13.0 Å². The van der Waals surface area contributed by atoms with Crippen LogP contribution in [0.4, 0.5) is 17.2 Å². The fourth-order valence-electron chi connectivity index (χ4n) is 3.36. The fraction of sp³-hybridized carbons (Fsp3) is 0.346. The molecule has 0 spiro atoms. The highest BCUT2D eigenvalue weighted by Crippen LogP contribution is 2.25. The highest BCUT2D eigenvalue weighted by molar-refractivity contribution is 7.18. The quantitative estimate of drug-likeness (QED) is 0.139. The average Bonchev–Trinajstić information content (AvgIpc) is 3.33. The number of rotatable bonds is 10. The van der Waals surface area contributed by atoms with E-state index in [1.807, 2.05) is 33.0 Å². The number of amidine groups is 1. The predicted octanol–water partition coefficient (Wildman–Crippen LogP) is 4.67. The van der Waals surface area contributed by atoms with Gasteiger partial charge in [0.2, 0.25) is 0 Å². The minimum absolute atomic E-state index is 0.477. The lowest BCUT2D eigenvalue weighted by molar-refractivity contribution is 0.696. The zero-order chi connectivity index (χ0) is 25.8.